The normalized spacial score (nSPS) is 15.1. The van der Waals surface area contributed by atoms with E-state index in [1.165, 1.54) is 6.08 Å². The van der Waals surface area contributed by atoms with Crippen molar-refractivity contribution in [2.45, 2.75) is 13.5 Å². The van der Waals surface area contributed by atoms with E-state index in [1.807, 2.05) is 12.1 Å². The molecule has 8 heteroatoms. The van der Waals surface area contributed by atoms with Crippen LogP contribution in [0.5, 0.6) is 5.75 Å². The molecule has 0 aliphatic carbocycles. The number of ether oxygens (including phenoxy) is 1. The molecule has 6 nitrogen and oxygen atoms in total. The Labute approximate surface area is 203 Å². The fourth-order valence-electron chi connectivity index (χ4n) is 3.35. The number of nitrogens with one attached hydrogen (secondary N) is 1. The van der Waals surface area contributed by atoms with E-state index in [1.54, 1.807) is 61.5 Å². The number of hydrogen-bond donors (Lipinski definition) is 1. The van der Waals surface area contributed by atoms with Crippen LogP contribution in [0.2, 0.25) is 5.02 Å². The molecule has 1 fully saturated rings. The molecule has 0 unspecified atom stereocenters. The first-order valence-corrected chi connectivity index (χ1v) is 11.1. The zero-order valence-electron chi connectivity index (χ0n) is 17.5. The van der Waals surface area contributed by atoms with Crippen molar-refractivity contribution >= 4 is 57.1 Å². The summed E-state index contributed by atoms with van der Waals surface area (Å²) in [4.78, 5) is 39.2. The maximum absolute atomic E-state index is 13.2. The highest BCUT2D eigenvalue weighted by molar-refractivity contribution is 9.10. The van der Waals surface area contributed by atoms with Crippen LogP contribution in [0.25, 0.3) is 6.08 Å². The minimum atomic E-state index is -0.787. The largest absolute Gasteiger partial charge is 0.488 e. The second kappa shape index (κ2) is 9.60. The molecule has 4 amide bonds. The van der Waals surface area contributed by atoms with Gasteiger partial charge >= 0.3 is 6.03 Å². The number of imide groups is 2. The average molecular weight is 526 g/mol. The summed E-state index contributed by atoms with van der Waals surface area (Å²) in [5.74, 6) is -0.999. The summed E-state index contributed by atoms with van der Waals surface area (Å²) in [7, 11) is 0. The first kappa shape index (κ1) is 22.8. The Morgan fingerprint density at radius 3 is 2.48 bits per heavy atom. The first-order valence-electron chi connectivity index (χ1n) is 9.97. The highest BCUT2D eigenvalue weighted by Crippen LogP contribution is 2.29. The molecule has 33 heavy (non-hydrogen) atoms. The van der Waals surface area contributed by atoms with Crippen molar-refractivity contribution in [1.29, 1.82) is 0 Å². The van der Waals surface area contributed by atoms with Crippen LogP contribution in [-0.2, 0) is 16.2 Å². The van der Waals surface area contributed by atoms with Crippen LogP contribution in [0.15, 0.2) is 76.8 Å². The number of nitrogens with zero attached hydrogens (tertiary/aromatic N) is 1. The number of benzene rings is 3. The highest BCUT2D eigenvalue weighted by Gasteiger charge is 2.37. The van der Waals surface area contributed by atoms with E-state index in [0.717, 1.165) is 20.5 Å². The molecule has 1 aliphatic heterocycles. The Hall–Kier alpha value is -3.42. The molecular formula is C25H18BrClN2O4. The van der Waals surface area contributed by atoms with E-state index in [-0.39, 0.29) is 12.2 Å². The summed E-state index contributed by atoms with van der Waals surface area (Å²) in [5, 5.41) is 2.87. The predicted octanol–water partition coefficient (Wildman–Crippen LogP) is 5.66. The number of urea groups is 1. The Kier molecular flexibility index (Phi) is 6.62. The summed E-state index contributed by atoms with van der Waals surface area (Å²) in [6.45, 7) is 2.05. The Morgan fingerprint density at radius 1 is 1.03 bits per heavy atom. The van der Waals surface area contributed by atoms with Crippen LogP contribution in [0.3, 0.4) is 0 Å². The van der Waals surface area contributed by atoms with Gasteiger partial charge in [0.05, 0.1) is 5.69 Å². The highest BCUT2D eigenvalue weighted by atomic mass is 79.9. The molecule has 3 aromatic carbocycles. The third-order valence-corrected chi connectivity index (χ3v) is 5.78. The minimum Gasteiger partial charge on any atom is -0.488 e. The molecule has 166 valence electrons. The maximum Gasteiger partial charge on any atom is 0.335 e. The van der Waals surface area contributed by atoms with E-state index < -0.39 is 17.8 Å². The Bertz CT molecular complexity index is 1290. The van der Waals surface area contributed by atoms with E-state index in [2.05, 4.69) is 21.2 Å². The summed E-state index contributed by atoms with van der Waals surface area (Å²) < 4.78 is 6.69. The van der Waals surface area contributed by atoms with Crippen LogP contribution in [0.4, 0.5) is 10.5 Å². The molecule has 0 bridgehead atoms. The lowest BCUT2D eigenvalue weighted by atomic mass is 10.0. The number of aryl methyl sites for hydroxylation is 1. The van der Waals surface area contributed by atoms with Crippen LogP contribution >= 0.6 is 27.5 Å². The number of carbonyl (C=O) groups excluding carboxylic acids is 3. The SMILES string of the molecule is Cc1ccccc1N1C(=O)NC(=O)/C(=C\c2cc(Br)ccc2OCc2ccc(Cl)cc2)C1=O. The van der Waals surface area contributed by atoms with Gasteiger partial charge in [-0.2, -0.15) is 0 Å². The molecule has 0 spiro atoms. The zero-order chi connectivity index (χ0) is 23.5. The van der Waals surface area contributed by atoms with E-state index in [9.17, 15) is 14.4 Å². The number of hydrogen-bond acceptors (Lipinski definition) is 4. The van der Waals surface area contributed by atoms with Crippen molar-refractivity contribution in [2.75, 3.05) is 4.90 Å². The molecule has 0 radical (unpaired) electrons. The fourth-order valence-corrected chi connectivity index (χ4v) is 3.86. The number of para-hydroxylation sites is 1. The van der Waals surface area contributed by atoms with Crippen LogP contribution < -0.4 is 15.0 Å². The average Bonchev–Trinajstić information content (AvgIpc) is 2.78. The lowest BCUT2D eigenvalue weighted by Gasteiger charge is -2.27. The van der Waals surface area contributed by atoms with Crippen molar-refractivity contribution in [1.82, 2.24) is 5.32 Å². The van der Waals surface area contributed by atoms with Gasteiger partial charge in [0.25, 0.3) is 11.8 Å². The predicted molar refractivity (Wildman–Crippen MR) is 130 cm³/mol. The molecule has 0 atom stereocenters. The van der Waals surface area contributed by atoms with Crippen LogP contribution in [0, 0.1) is 6.92 Å². The maximum atomic E-state index is 13.2. The van der Waals surface area contributed by atoms with Gasteiger partial charge in [0.15, 0.2) is 0 Å². The van der Waals surface area contributed by atoms with Gasteiger partial charge in [-0.25, -0.2) is 9.69 Å². The molecule has 1 N–H and O–H groups in total. The molecule has 0 aromatic heterocycles. The Morgan fingerprint density at radius 2 is 1.76 bits per heavy atom. The number of anilines is 1. The number of carbonyl (C=O) groups is 3. The molecule has 1 heterocycles. The quantitative estimate of drug-likeness (QED) is 0.345. The monoisotopic (exact) mass is 524 g/mol. The number of halogens is 2. The summed E-state index contributed by atoms with van der Waals surface area (Å²) in [5.41, 5.74) is 2.38. The van der Waals surface area contributed by atoms with Gasteiger partial charge in [-0.1, -0.05) is 57.9 Å². The van der Waals surface area contributed by atoms with Gasteiger partial charge < -0.3 is 4.74 Å². The standard InChI is InChI=1S/C25H18BrClN2O4/c1-15-4-2-3-5-21(15)29-24(31)20(23(30)28-25(29)32)13-17-12-18(26)8-11-22(17)33-14-16-6-9-19(27)10-7-16/h2-13H,14H2,1H3,(H,28,30,32)/b20-13+. The van der Waals surface area contributed by atoms with E-state index >= 15 is 0 Å². The fraction of sp³-hybridized carbons (Fsp3) is 0.0800. The first-order chi connectivity index (χ1) is 15.8. The van der Waals surface area contributed by atoms with Crippen molar-refractivity contribution in [3.8, 4) is 5.75 Å². The topological polar surface area (TPSA) is 75.7 Å². The summed E-state index contributed by atoms with van der Waals surface area (Å²) in [6, 6.07) is 18.7. The minimum absolute atomic E-state index is 0.174. The number of barbiturate groups is 1. The second-order valence-corrected chi connectivity index (χ2v) is 8.69. The smallest absolute Gasteiger partial charge is 0.335 e. The van der Waals surface area contributed by atoms with Crippen LogP contribution in [-0.4, -0.2) is 17.8 Å². The molecule has 0 saturated carbocycles. The molecule has 1 aliphatic rings. The molecule has 4 rings (SSSR count). The van der Waals surface area contributed by atoms with Gasteiger partial charge in [0.2, 0.25) is 0 Å². The van der Waals surface area contributed by atoms with Crippen molar-refractivity contribution in [2.24, 2.45) is 0 Å². The van der Waals surface area contributed by atoms with Crippen molar-refractivity contribution in [3.63, 3.8) is 0 Å². The zero-order valence-corrected chi connectivity index (χ0v) is 19.8. The second-order valence-electron chi connectivity index (χ2n) is 7.34. The van der Waals surface area contributed by atoms with E-state index in [4.69, 9.17) is 16.3 Å². The van der Waals surface area contributed by atoms with Crippen LogP contribution in [0.1, 0.15) is 16.7 Å². The third kappa shape index (κ3) is 4.99. The van der Waals surface area contributed by atoms with Crippen molar-refractivity contribution < 1.29 is 19.1 Å². The van der Waals surface area contributed by atoms with E-state index in [0.29, 0.717) is 22.0 Å². The summed E-state index contributed by atoms with van der Waals surface area (Å²) >= 11 is 9.35. The van der Waals surface area contributed by atoms with Gasteiger partial charge in [-0.15, -0.1) is 0 Å². The molecular weight excluding hydrogens is 508 g/mol. The Balaban J connectivity index is 1.68. The molecule has 3 aromatic rings. The van der Waals surface area contributed by atoms with Gasteiger partial charge in [0.1, 0.15) is 17.9 Å². The lowest BCUT2D eigenvalue weighted by Crippen LogP contribution is -2.54. The molecule has 1 saturated heterocycles. The summed E-state index contributed by atoms with van der Waals surface area (Å²) in [6.07, 6.45) is 1.43. The van der Waals surface area contributed by atoms with Gasteiger partial charge in [-0.3, -0.25) is 14.9 Å². The number of rotatable bonds is 5. The van der Waals surface area contributed by atoms with Gasteiger partial charge in [0, 0.05) is 15.1 Å². The third-order valence-electron chi connectivity index (χ3n) is 5.04. The van der Waals surface area contributed by atoms with Gasteiger partial charge in [-0.05, 0) is 60.5 Å². The lowest BCUT2D eigenvalue weighted by molar-refractivity contribution is -0.122. The number of amides is 4. The van der Waals surface area contributed by atoms with Crippen molar-refractivity contribution in [3.05, 3.63) is 98.5 Å².